The second-order valence-corrected chi connectivity index (χ2v) is 9.20. The van der Waals surface area contributed by atoms with Crippen molar-refractivity contribution in [2.24, 2.45) is 5.41 Å². The zero-order chi connectivity index (χ0) is 19.6. The van der Waals surface area contributed by atoms with Gasteiger partial charge < -0.3 is 4.90 Å². The molecule has 3 aliphatic rings. The van der Waals surface area contributed by atoms with Gasteiger partial charge in [0.15, 0.2) is 5.82 Å². The number of nitrogens with zero attached hydrogens (tertiary/aromatic N) is 7. The molecule has 2 fully saturated rings. The van der Waals surface area contributed by atoms with Crippen LogP contribution in [0.2, 0.25) is 5.02 Å². The summed E-state index contributed by atoms with van der Waals surface area (Å²) in [5.74, 6) is 3.39. The number of rotatable bonds is 2. The van der Waals surface area contributed by atoms with E-state index in [2.05, 4.69) is 53.7 Å². The van der Waals surface area contributed by atoms with E-state index in [4.69, 9.17) is 11.6 Å². The molecule has 3 aromatic rings. The normalized spacial score (nSPS) is 20.6. The molecule has 148 valence electrons. The van der Waals surface area contributed by atoms with E-state index in [9.17, 15) is 0 Å². The fraction of sp³-hybridized carbons (Fsp3) is 0.429. The highest BCUT2D eigenvalue weighted by Gasteiger charge is 2.54. The van der Waals surface area contributed by atoms with Crippen LogP contribution in [-0.2, 0) is 13.1 Å². The van der Waals surface area contributed by atoms with E-state index in [-0.39, 0.29) is 0 Å². The highest BCUT2D eigenvalue weighted by atomic mass is 35.5. The summed E-state index contributed by atoms with van der Waals surface area (Å²) in [5.41, 5.74) is 2.77. The minimum Gasteiger partial charge on any atom is -0.340 e. The molecule has 0 radical (unpaired) electrons. The van der Waals surface area contributed by atoms with E-state index >= 15 is 0 Å². The quantitative estimate of drug-likeness (QED) is 0.650. The molecule has 1 aromatic carbocycles. The summed E-state index contributed by atoms with van der Waals surface area (Å²) in [6.45, 7) is 3.71. The summed E-state index contributed by atoms with van der Waals surface area (Å²) in [5, 5.41) is 9.96. The minimum atomic E-state index is 0.376. The van der Waals surface area contributed by atoms with Gasteiger partial charge in [-0.2, -0.15) is 0 Å². The van der Waals surface area contributed by atoms with Gasteiger partial charge in [0, 0.05) is 48.4 Å². The van der Waals surface area contributed by atoms with Gasteiger partial charge in [-0.3, -0.25) is 9.47 Å². The average molecular weight is 408 g/mol. The molecule has 0 amide bonds. The average Bonchev–Trinajstić information content (AvgIpc) is 2.97. The maximum absolute atomic E-state index is 6.27. The first-order valence-electron chi connectivity index (χ1n) is 10.0. The molecule has 0 bridgehead atoms. The van der Waals surface area contributed by atoms with Crippen molar-refractivity contribution in [2.75, 3.05) is 25.0 Å². The number of benzene rings is 1. The van der Waals surface area contributed by atoms with Crippen molar-refractivity contribution in [3.8, 4) is 5.69 Å². The van der Waals surface area contributed by atoms with Crippen molar-refractivity contribution in [3.05, 3.63) is 58.9 Å². The molecule has 2 aromatic heterocycles. The number of anilines is 1. The first-order chi connectivity index (χ1) is 14.1. The number of aromatic nitrogens is 5. The van der Waals surface area contributed by atoms with Crippen molar-refractivity contribution < 1.29 is 0 Å². The van der Waals surface area contributed by atoms with Gasteiger partial charge >= 0.3 is 0 Å². The van der Waals surface area contributed by atoms with E-state index in [0.29, 0.717) is 11.3 Å². The van der Waals surface area contributed by atoms with Gasteiger partial charge in [-0.15, -0.1) is 10.2 Å². The van der Waals surface area contributed by atoms with Crippen LogP contribution < -0.4 is 4.90 Å². The van der Waals surface area contributed by atoms with Crippen LogP contribution in [0.5, 0.6) is 0 Å². The van der Waals surface area contributed by atoms with Gasteiger partial charge in [0.2, 0.25) is 5.95 Å². The number of halogens is 1. The highest BCUT2D eigenvalue weighted by Crippen LogP contribution is 2.56. The predicted octanol–water partition coefficient (Wildman–Crippen LogP) is 3.04. The second kappa shape index (κ2) is 6.24. The standard InChI is InChI=1S/C21H22ClN7/c1-27-10-14-7-16(22)3-4-17(14)29-18(11-27)25-26-19(29)15-8-21(9-15)12-28(13-21)20-23-5-2-6-24-20/h2-7,15H,8-13H2,1H3. The maximum Gasteiger partial charge on any atom is 0.225 e. The Hall–Kier alpha value is -2.51. The van der Waals surface area contributed by atoms with Crippen LogP contribution in [0, 0.1) is 5.41 Å². The number of hydrogen-bond acceptors (Lipinski definition) is 6. The van der Waals surface area contributed by atoms with Crippen LogP contribution >= 0.6 is 11.6 Å². The molecule has 1 spiro atoms. The van der Waals surface area contributed by atoms with Crippen molar-refractivity contribution in [1.29, 1.82) is 0 Å². The molecule has 0 N–H and O–H groups in total. The zero-order valence-corrected chi connectivity index (χ0v) is 17.0. The van der Waals surface area contributed by atoms with Crippen LogP contribution in [0.15, 0.2) is 36.7 Å². The fourth-order valence-electron chi connectivity index (χ4n) is 5.23. The van der Waals surface area contributed by atoms with Crippen molar-refractivity contribution in [2.45, 2.75) is 31.8 Å². The van der Waals surface area contributed by atoms with Crippen molar-refractivity contribution in [1.82, 2.24) is 29.6 Å². The Balaban J connectivity index is 1.25. The van der Waals surface area contributed by atoms with Gasteiger partial charge in [0.1, 0.15) is 5.82 Å². The molecule has 7 nitrogen and oxygen atoms in total. The van der Waals surface area contributed by atoms with E-state index in [1.165, 1.54) is 11.3 Å². The molecule has 4 heterocycles. The largest absolute Gasteiger partial charge is 0.340 e. The molecule has 0 unspecified atom stereocenters. The number of fused-ring (bicyclic) bond motifs is 3. The fourth-order valence-corrected chi connectivity index (χ4v) is 5.43. The molecule has 2 aliphatic heterocycles. The zero-order valence-electron chi connectivity index (χ0n) is 16.3. The van der Waals surface area contributed by atoms with E-state index in [0.717, 1.165) is 61.6 Å². The third kappa shape index (κ3) is 2.75. The lowest BCUT2D eigenvalue weighted by Crippen LogP contribution is -2.62. The molecule has 6 rings (SSSR count). The van der Waals surface area contributed by atoms with E-state index < -0.39 is 0 Å². The summed E-state index contributed by atoms with van der Waals surface area (Å²) < 4.78 is 2.28. The first kappa shape index (κ1) is 17.4. The molecule has 29 heavy (non-hydrogen) atoms. The molecular formula is C21H22ClN7. The molecule has 1 saturated carbocycles. The van der Waals surface area contributed by atoms with Gasteiger partial charge in [-0.05, 0) is 49.7 Å². The summed E-state index contributed by atoms with van der Waals surface area (Å²) in [4.78, 5) is 13.3. The molecular weight excluding hydrogens is 386 g/mol. The topological polar surface area (TPSA) is 63.0 Å². The van der Waals surface area contributed by atoms with Crippen LogP contribution in [-0.4, -0.2) is 49.8 Å². The predicted molar refractivity (Wildman–Crippen MR) is 110 cm³/mol. The smallest absolute Gasteiger partial charge is 0.225 e. The van der Waals surface area contributed by atoms with Crippen molar-refractivity contribution >= 4 is 17.5 Å². The third-order valence-corrected chi connectivity index (χ3v) is 6.74. The molecule has 0 atom stereocenters. The number of hydrogen-bond donors (Lipinski definition) is 0. The van der Waals surface area contributed by atoms with Gasteiger partial charge in [0.05, 0.1) is 12.2 Å². The summed E-state index contributed by atoms with van der Waals surface area (Å²) in [6.07, 6.45) is 5.91. The summed E-state index contributed by atoms with van der Waals surface area (Å²) >= 11 is 6.27. The summed E-state index contributed by atoms with van der Waals surface area (Å²) in [7, 11) is 2.11. The minimum absolute atomic E-state index is 0.376. The van der Waals surface area contributed by atoms with Crippen LogP contribution in [0.4, 0.5) is 5.95 Å². The van der Waals surface area contributed by atoms with Crippen molar-refractivity contribution in [3.63, 3.8) is 0 Å². The van der Waals surface area contributed by atoms with E-state index in [1.54, 1.807) is 0 Å². The van der Waals surface area contributed by atoms with Crippen LogP contribution in [0.25, 0.3) is 5.69 Å². The molecule has 8 heteroatoms. The lowest BCUT2D eigenvalue weighted by Gasteiger charge is -2.58. The van der Waals surface area contributed by atoms with Gasteiger partial charge in [0.25, 0.3) is 0 Å². The Morgan fingerprint density at radius 3 is 2.66 bits per heavy atom. The van der Waals surface area contributed by atoms with E-state index in [1.807, 2.05) is 24.5 Å². The SMILES string of the molecule is CN1Cc2cc(Cl)ccc2-n2c(nnc2C2CC3(C2)CN(c2ncccn2)C3)C1. The van der Waals surface area contributed by atoms with Gasteiger partial charge in [-0.25, -0.2) is 9.97 Å². The Morgan fingerprint density at radius 2 is 1.86 bits per heavy atom. The lowest BCUT2D eigenvalue weighted by molar-refractivity contribution is 0.0575. The Bertz CT molecular complexity index is 1070. The highest BCUT2D eigenvalue weighted by molar-refractivity contribution is 6.30. The maximum atomic E-state index is 6.27. The monoisotopic (exact) mass is 407 g/mol. The second-order valence-electron chi connectivity index (χ2n) is 8.77. The Morgan fingerprint density at radius 1 is 1.07 bits per heavy atom. The lowest BCUT2D eigenvalue weighted by atomic mass is 9.57. The third-order valence-electron chi connectivity index (χ3n) is 6.50. The Kier molecular flexibility index (Phi) is 3.74. The van der Waals surface area contributed by atoms with Crippen LogP contribution in [0.1, 0.15) is 36.0 Å². The molecule has 1 saturated heterocycles. The first-order valence-corrected chi connectivity index (χ1v) is 10.4. The van der Waals surface area contributed by atoms with Gasteiger partial charge in [-0.1, -0.05) is 11.6 Å². The van der Waals surface area contributed by atoms with Crippen LogP contribution in [0.3, 0.4) is 0 Å². The summed E-state index contributed by atoms with van der Waals surface area (Å²) in [6, 6.07) is 8.00. The molecule has 1 aliphatic carbocycles. The Labute approximate surface area is 174 Å².